The van der Waals surface area contributed by atoms with Crippen LogP contribution in [0.25, 0.3) is 0 Å². The summed E-state index contributed by atoms with van der Waals surface area (Å²) in [5, 5.41) is 9.70. The van der Waals surface area contributed by atoms with Gasteiger partial charge in [0.25, 0.3) is 0 Å². The number of ketones is 1. The number of carbonyl (C=O) groups excluding carboxylic acids is 1. The number of nitriles is 1. The molecule has 1 heterocycles. The summed E-state index contributed by atoms with van der Waals surface area (Å²) in [5.74, 6) is 1.13. The predicted octanol–water partition coefficient (Wildman–Crippen LogP) is 5.76. The number of halogens is 1. The number of nitrogens with zero attached hydrogens (tertiary/aromatic N) is 1. The Morgan fingerprint density at radius 1 is 1.04 bits per heavy atom. The lowest BCUT2D eigenvalue weighted by Gasteiger charge is -2.34. The Kier molecular flexibility index (Phi) is 4.72. The van der Waals surface area contributed by atoms with E-state index < -0.39 is 0 Å². The predicted molar refractivity (Wildman–Crippen MR) is 107 cm³/mol. The molecular formula is C23H18BrNO2. The molecule has 1 aliphatic carbocycles. The molecule has 4 rings (SSSR count). The quantitative estimate of drug-likeness (QED) is 0.621. The fourth-order valence-corrected chi connectivity index (χ4v) is 4.26. The zero-order valence-electron chi connectivity index (χ0n) is 14.9. The maximum atomic E-state index is 13.2. The van der Waals surface area contributed by atoms with E-state index in [1.54, 1.807) is 0 Å². The van der Waals surface area contributed by atoms with Gasteiger partial charge in [-0.25, -0.2) is 0 Å². The van der Waals surface area contributed by atoms with Crippen LogP contribution in [0.5, 0.6) is 0 Å². The molecule has 0 spiro atoms. The van der Waals surface area contributed by atoms with Crippen LogP contribution < -0.4 is 0 Å². The molecule has 1 aliphatic heterocycles. The van der Waals surface area contributed by atoms with E-state index in [1.807, 2.05) is 49.4 Å². The molecule has 134 valence electrons. The monoisotopic (exact) mass is 419 g/mol. The average molecular weight is 420 g/mol. The van der Waals surface area contributed by atoms with E-state index in [4.69, 9.17) is 4.74 Å². The lowest BCUT2D eigenvalue weighted by atomic mass is 9.73. The molecular weight excluding hydrogens is 402 g/mol. The number of allylic oxidation sites excluding steroid dienone is 4. The fraction of sp³-hybridized carbons (Fsp3) is 0.217. The fourth-order valence-electron chi connectivity index (χ4n) is 3.99. The molecule has 2 unspecified atom stereocenters. The minimum atomic E-state index is -0.335. The molecule has 0 amide bonds. The van der Waals surface area contributed by atoms with Gasteiger partial charge in [-0.15, -0.1) is 0 Å². The Morgan fingerprint density at radius 3 is 2.41 bits per heavy atom. The standard InChI is InChI=1S/C23H18BrNO2/c1-14-19(13-25)22(16-5-3-2-4-6-16)23-20(26)11-17(12-21(23)27-14)15-7-9-18(24)10-8-15/h2-10,17,22H,11-12H2,1H3. The normalized spacial score (nSPS) is 22.2. The molecule has 2 atom stereocenters. The second kappa shape index (κ2) is 7.17. The largest absolute Gasteiger partial charge is 0.465 e. The lowest BCUT2D eigenvalue weighted by Crippen LogP contribution is -2.27. The summed E-state index contributed by atoms with van der Waals surface area (Å²) in [6.07, 6.45) is 1.10. The number of ether oxygens (including phenoxy) is 1. The highest BCUT2D eigenvalue weighted by atomic mass is 79.9. The first-order valence-corrected chi connectivity index (χ1v) is 9.73. The van der Waals surface area contributed by atoms with Crippen molar-refractivity contribution in [1.29, 1.82) is 5.26 Å². The van der Waals surface area contributed by atoms with Crippen LogP contribution >= 0.6 is 15.9 Å². The number of hydrogen-bond acceptors (Lipinski definition) is 3. The zero-order valence-corrected chi connectivity index (χ0v) is 16.5. The Bertz CT molecular complexity index is 997. The van der Waals surface area contributed by atoms with Crippen molar-refractivity contribution in [2.75, 3.05) is 0 Å². The van der Waals surface area contributed by atoms with Crippen LogP contribution in [0.2, 0.25) is 0 Å². The highest BCUT2D eigenvalue weighted by Crippen LogP contribution is 2.47. The van der Waals surface area contributed by atoms with Crippen molar-refractivity contribution >= 4 is 21.7 Å². The summed E-state index contributed by atoms with van der Waals surface area (Å²) < 4.78 is 7.02. The Morgan fingerprint density at radius 2 is 1.74 bits per heavy atom. The molecule has 0 saturated heterocycles. The SMILES string of the molecule is CC1=C(C#N)C(c2ccccc2)C2=C(CC(c3ccc(Br)cc3)CC2=O)O1. The first-order chi connectivity index (χ1) is 13.1. The van der Waals surface area contributed by atoms with Gasteiger partial charge in [0.15, 0.2) is 5.78 Å². The van der Waals surface area contributed by atoms with Gasteiger partial charge in [0.2, 0.25) is 0 Å². The summed E-state index contributed by atoms with van der Waals surface area (Å²) >= 11 is 3.46. The third kappa shape index (κ3) is 3.24. The van der Waals surface area contributed by atoms with Crippen molar-refractivity contribution in [1.82, 2.24) is 0 Å². The lowest BCUT2D eigenvalue weighted by molar-refractivity contribution is -0.117. The van der Waals surface area contributed by atoms with Gasteiger partial charge in [-0.1, -0.05) is 58.4 Å². The van der Waals surface area contributed by atoms with Gasteiger partial charge in [0.05, 0.1) is 17.6 Å². The van der Waals surface area contributed by atoms with Crippen LogP contribution in [0, 0.1) is 11.3 Å². The average Bonchev–Trinajstić information content (AvgIpc) is 2.68. The Labute approximate surface area is 167 Å². The minimum Gasteiger partial charge on any atom is -0.465 e. The molecule has 0 N–H and O–H groups in total. The van der Waals surface area contributed by atoms with Crippen LogP contribution in [-0.2, 0) is 9.53 Å². The summed E-state index contributed by atoms with van der Waals surface area (Å²) in [7, 11) is 0. The van der Waals surface area contributed by atoms with Gasteiger partial charge in [0.1, 0.15) is 11.5 Å². The molecule has 2 aromatic carbocycles. The second-order valence-corrected chi connectivity index (χ2v) is 7.86. The van der Waals surface area contributed by atoms with Gasteiger partial charge in [-0.3, -0.25) is 4.79 Å². The highest BCUT2D eigenvalue weighted by molar-refractivity contribution is 9.10. The number of rotatable bonds is 2. The van der Waals surface area contributed by atoms with Crippen molar-refractivity contribution in [3.8, 4) is 6.07 Å². The molecule has 27 heavy (non-hydrogen) atoms. The third-order valence-electron chi connectivity index (χ3n) is 5.29. The van der Waals surface area contributed by atoms with Crippen molar-refractivity contribution < 1.29 is 9.53 Å². The number of Topliss-reactive ketones (excluding diaryl/α,β-unsaturated/α-hetero) is 1. The van der Waals surface area contributed by atoms with Crippen molar-refractivity contribution in [3.63, 3.8) is 0 Å². The van der Waals surface area contributed by atoms with Crippen LogP contribution in [0.3, 0.4) is 0 Å². The van der Waals surface area contributed by atoms with E-state index in [9.17, 15) is 10.1 Å². The molecule has 0 radical (unpaired) electrons. The van der Waals surface area contributed by atoms with Crippen LogP contribution in [0.15, 0.2) is 81.7 Å². The molecule has 3 nitrogen and oxygen atoms in total. The maximum absolute atomic E-state index is 13.2. The van der Waals surface area contributed by atoms with Gasteiger partial charge in [-0.05, 0) is 36.1 Å². The smallest absolute Gasteiger partial charge is 0.163 e. The summed E-state index contributed by atoms with van der Waals surface area (Å²) in [5.41, 5.74) is 3.26. The van der Waals surface area contributed by atoms with Crippen molar-refractivity contribution in [2.24, 2.45) is 0 Å². The highest BCUT2D eigenvalue weighted by Gasteiger charge is 2.40. The van der Waals surface area contributed by atoms with Crippen molar-refractivity contribution in [2.45, 2.75) is 31.6 Å². The topological polar surface area (TPSA) is 50.1 Å². The van der Waals surface area contributed by atoms with Gasteiger partial charge in [-0.2, -0.15) is 5.26 Å². The summed E-state index contributed by atoms with van der Waals surface area (Å²) in [4.78, 5) is 13.2. The molecule has 0 bridgehead atoms. The van der Waals surface area contributed by atoms with E-state index in [0.717, 1.165) is 15.6 Å². The van der Waals surface area contributed by atoms with E-state index in [0.29, 0.717) is 35.5 Å². The van der Waals surface area contributed by atoms with Crippen LogP contribution in [0.4, 0.5) is 0 Å². The molecule has 0 fully saturated rings. The van der Waals surface area contributed by atoms with Crippen LogP contribution in [0.1, 0.15) is 42.7 Å². The number of hydrogen-bond donors (Lipinski definition) is 0. The molecule has 2 aromatic rings. The molecule has 2 aliphatic rings. The number of carbonyl (C=O) groups is 1. The van der Waals surface area contributed by atoms with E-state index in [1.165, 1.54) is 0 Å². The molecule has 4 heteroatoms. The summed E-state index contributed by atoms with van der Waals surface area (Å²) in [6.45, 7) is 1.81. The van der Waals surface area contributed by atoms with E-state index in [2.05, 4.69) is 34.1 Å². The number of benzene rings is 2. The molecule has 0 saturated carbocycles. The van der Waals surface area contributed by atoms with E-state index in [-0.39, 0.29) is 17.6 Å². The summed E-state index contributed by atoms with van der Waals surface area (Å²) in [6, 6.07) is 20.1. The molecule has 0 aromatic heterocycles. The first kappa shape index (κ1) is 17.8. The maximum Gasteiger partial charge on any atom is 0.163 e. The van der Waals surface area contributed by atoms with Crippen LogP contribution in [-0.4, -0.2) is 5.78 Å². The minimum absolute atomic E-state index is 0.0678. The van der Waals surface area contributed by atoms with Crippen molar-refractivity contribution in [3.05, 3.63) is 92.9 Å². The zero-order chi connectivity index (χ0) is 19.0. The van der Waals surface area contributed by atoms with Gasteiger partial charge < -0.3 is 4.74 Å². The Balaban J connectivity index is 1.77. The second-order valence-electron chi connectivity index (χ2n) is 6.94. The Hall–Kier alpha value is -2.64. The van der Waals surface area contributed by atoms with Gasteiger partial charge in [0, 0.05) is 22.9 Å². The third-order valence-corrected chi connectivity index (χ3v) is 5.82. The first-order valence-electron chi connectivity index (χ1n) is 8.94. The van der Waals surface area contributed by atoms with Gasteiger partial charge >= 0.3 is 0 Å². The van der Waals surface area contributed by atoms with E-state index >= 15 is 0 Å².